The third-order valence-electron chi connectivity index (χ3n) is 2.93. The number of nitrogens with one attached hydrogen (secondary N) is 1. The number of urea groups is 1. The molecule has 1 fully saturated rings. The fraction of sp³-hybridized carbons (Fsp3) is 0.462. The fourth-order valence-corrected chi connectivity index (χ4v) is 2.67. The zero-order valence-electron chi connectivity index (χ0n) is 11.0. The van der Waals surface area contributed by atoms with E-state index in [2.05, 4.69) is 5.32 Å². The van der Waals surface area contributed by atoms with Gasteiger partial charge in [0.15, 0.2) is 0 Å². The van der Waals surface area contributed by atoms with Crippen molar-refractivity contribution in [2.45, 2.75) is 19.1 Å². The normalized spacial score (nSPS) is 22.7. The van der Waals surface area contributed by atoms with Gasteiger partial charge in [0.1, 0.15) is 0 Å². The molecule has 1 aromatic carbocycles. The molecule has 0 radical (unpaired) electrons. The van der Waals surface area contributed by atoms with Crippen LogP contribution in [0.5, 0.6) is 0 Å². The van der Waals surface area contributed by atoms with Crippen molar-refractivity contribution < 1.29 is 14.6 Å². The smallest absolute Gasteiger partial charge is 0.322 e. The number of aliphatic hydroxyl groups excluding tert-OH is 1. The molecule has 0 aliphatic carbocycles. The van der Waals surface area contributed by atoms with E-state index in [1.807, 2.05) is 6.92 Å². The minimum Gasteiger partial charge on any atom is -0.394 e. The molecule has 2 amide bonds. The van der Waals surface area contributed by atoms with Gasteiger partial charge in [-0.1, -0.05) is 23.2 Å². The minimum atomic E-state index is -0.354. The summed E-state index contributed by atoms with van der Waals surface area (Å²) in [4.78, 5) is 13.8. The number of carbonyl (C=O) groups excluding carboxylic acids is 1. The molecule has 1 aromatic rings. The van der Waals surface area contributed by atoms with E-state index in [-0.39, 0.29) is 24.8 Å². The maximum absolute atomic E-state index is 12.2. The quantitative estimate of drug-likeness (QED) is 0.881. The monoisotopic (exact) mass is 318 g/mol. The number of ether oxygens (including phenoxy) is 1. The van der Waals surface area contributed by atoms with Crippen molar-refractivity contribution in [3.05, 3.63) is 28.2 Å². The number of hydrogen-bond donors (Lipinski definition) is 2. The number of hydrogen-bond acceptors (Lipinski definition) is 3. The SMILES string of the molecule is CC1CN(C(=O)Nc2cc(Cl)cc(Cl)c2)CC(CO)O1. The summed E-state index contributed by atoms with van der Waals surface area (Å²) in [5.74, 6) is 0. The van der Waals surface area contributed by atoms with Crippen LogP contribution in [-0.2, 0) is 4.74 Å². The van der Waals surface area contributed by atoms with Gasteiger partial charge < -0.3 is 20.1 Å². The molecule has 0 spiro atoms. The van der Waals surface area contributed by atoms with Gasteiger partial charge in [-0.3, -0.25) is 0 Å². The molecule has 1 aliphatic heterocycles. The van der Waals surface area contributed by atoms with Crippen molar-refractivity contribution in [1.82, 2.24) is 4.90 Å². The van der Waals surface area contributed by atoms with E-state index in [4.69, 9.17) is 33.0 Å². The van der Waals surface area contributed by atoms with E-state index in [0.717, 1.165) is 0 Å². The van der Waals surface area contributed by atoms with Crippen LogP contribution < -0.4 is 5.32 Å². The fourth-order valence-electron chi connectivity index (χ4n) is 2.14. The predicted molar refractivity (Wildman–Crippen MR) is 78.5 cm³/mol. The average molecular weight is 319 g/mol. The van der Waals surface area contributed by atoms with Gasteiger partial charge in [0, 0.05) is 22.3 Å². The van der Waals surface area contributed by atoms with Crippen LogP contribution in [0.3, 0.4) is 0 Å². The van der Waals surface area contributed by atoms with Crippen LogP contribution in [0.15, 0.2) is 18.2 Å². The maximum Gasteiger partial charge on any atom is 0.322 e. The Kier molecular flexibility index (Phi) is 5.10. The van der Waals surface area contributed by atoms with Crippen LogP contribution in [0.1, 0.15) is 6.92 Å². The van der Waals surface area contributed by atoms with Crippen molar-refractivity contribution >= 4 is 34.9 Å². The highest BCUT2D eigenvalue weighted by Crippen LogP contribution is 2.23. The summed E-state index contributed by atoms with van der Waals surface area (Å²) in [7, 11) is 0. The number of nitrogens with zero attached hydrogens (tertiary/aromatic N) is 1. The first kappa shape index (κ1) is 15.4. The molecule has 2 atom stereocenters. The van der Waals surface area contributed by atoms with E-state index in [0.29, 0.717) is 28.8 Å². The van der Waals surface area contributed by atoms with Gasteiger partial charge in [-0.2, -0.15) is 0 Å². The molecule has 1 aliphatic rings. The van der Waals surface area contributed by atoms with E-state index in [1.54, 1.807) is 23.1 Å². The summed E-state index contributed by atoms with van der Waals surface area (Å²) >= 11 is 11.8. The third-order valence-corrected chi connectivity index (χ3v) is 3.37. The standard InChI is InChI=1S/C13H16Cl2N2O3/c1-8-5-17(6-12(7-18)20-8)13(19)16-11-3-9(14)2-10(15)4-11/h2-4,8,12,18H,5-7H2,1H3,(H,16,19). The van der Waals surface area contributed by atoms with Gasteiger partial charge in [0.2, 0.25) is 0 Å². The molecule has 7 heteroatoms. The van der Waals surface area contributed by atoms with Crippen molar-refractivity contribution in [3.63, 3.8) is 0 Å². The molecule has 1 heterocycles. The second-order valence-corrected chi connectivity index (χ2v) is 5.62. The molecule has 110 valence electrons. The highest BCUT2D eigenvalue weighted by Gasteiger charge is 2.28. The molecule has 5 nitrogen and oxygen atoms in total. The number of halogens is 2. The maximum atomic E-state index is 12.2. The van der Waals surface area contributed by atoms with Crippen LogP contribution in [0.2, 0.25) is 10.0 Å². The van der Waals surface area contributed by atoms with E-state index in [1.165, 1.54) is 0 Å². The molecular weight excluding hydrogens is 303 g/mol. The van der Waals surface area contributed by atoms with E-state index < -0.39 is 0 Å². The van der Waals surface area contributed by atoms with Crippen LogP contribution in [0.4, 0.5) is 10.5 Å². The van der Waals surface area contributed by atoms with Crippen molar-refractivity contribution in [2.75, 3.05) is 25.0 Å². The number of benzene rings is 1. The lowest BCUT2D eigenvalue weighted by Crippen LogP contribution is -2.51. The van der Waals surface area contributed by atoms with Gasteiger partial charge in [0.25, 0.3) is 0 Å². The van der Waals surface area contributed by atoms with Gasteiger partial charge in [-0.25, -0.2) is 4.79 Å². The molecule has 2 unspecified atom stereocenters. The molecule has 1 saturated heterocycles. The Labute approximate surface area is 127 Å². The lowest BCUT2D eigenvalue weighted by molar-refractivity contribution is -0.0822. The first-order valence-corrected chi connectivity index (χ1v) is 7.02. The largest absolute Gasteiger partial charge is 0.394 e. The second-order valence-electron chi connectivity index (χ2n) is 4.74. The summed E-state index contributed by atoms with van der Waals surface area (Å²) in [5, 5.41) is 12.8. The highest BCUT2D eigenvalue weighted by atomic mass is 35.5. The lowest BCUT2D eigenvalue weighted by Gasteiger charge is -2.36. The summed E-state index contributed by atoms with van der Waals surface area (Å²) in [6.07, 6.45) is -0.470. The highest BCUT2D eigenvalue weighted by molar-refractivity contribution is 6.35. The first-order valence-electron chi connectivity index (χ1n) is 6.26. The molecule has 0 saturated carbocycles. The topological polar surface area (TPSA) is 61.8 Å². The van der Waals surface area contributed by atoms with Crippen molar-refractivity contribution in [1.29, 1.82) is 0 Å². The molecule has 2 rings (SSSR count). The summed E-state index contributed by atoms with van der Waals surface area (Å²) in [6.45, 7) is 2.56. The summed E-state index contributed by atoms with van der Waals surface area (Å²) < 4.78 is 5.49. The van der Waals surface area contributed by atoms with Gasteiger partial charge in [0.05, 0.1) is 25.4 Å². The van der Waals surface area contributed by atoms with Gasteiger partial charge in [-0.15, -0.1) is 0 Å². The van der Waals surface area contributed by atoms with Crippen molar-refractivity contribution in [2.24, 2.45) is 0 Å². The number of morpholine rings is 1. The van der Waals surface area contributed by atoms with Crippen LogP contribution >= 0.6 is 23.2 Å². The molecule has 0 aromatic heterocycles. The Balaban J connectivity index is 2.03. The van der Waals surface area contributed by atoms with Gasteiger partial charge >= 0.3 is 6.03 Å². The number of aliphatic hydroxyl groups is 1. The number of anilines is 1. The van der Waals surface area contributed by atoms with Gasteiger partial charge in [-0.05, 0) is 25.1 Å². The first-order chi connectivity index (χ1) is 9.47. The molecule has 20 heavy (non-hydrogen) atoms. The van der Waals surface area contributed by atoms with Crippen LogP contribution in [0.25, 0.3) is 0 Å². The number of amides is 2. The molecular formula is C13H16Cl2N2O3. The summed E-state index contributed by atoms with van der Waals surface area (Å²) in [5.41, 5.74) is 0.534. The second kappa shape index (κ2) is 6.63. The van der Waals surface area contributed by atoms with Crippen LogP contribution in [0, 0.1) is 0 Å². The van der Waals surface area contributed by atoms with Crippen LogP contribution in [-0.4, -0.2) is 47.9 Å². The third kappa shape index (κ3) is 3.99. The summed E-state index contributed by atoms with van der Waals surface area (Å²) in [6, 6.07) is 4.58. The molecule has 0 bridgehead atoms. The Bertz CT molecular complexity index is 478. The Morgan fingerprint density at radius 3 is 2.65 bits per heavy atom. The Morgan fingerprint density at radius 2 is 2.05 bits per heavy atom. The molecule has 2 N–H and O–H groups in total. The minimum absolute atomic E-state index is 0.114. The van der Waals surface area contributed by atoms with E-state index >= 15 is 0 Å². The van der Waals surface area contributed by atoms with Crippen molar-refractivity contribution in [3.8, 4) is 0 Å². The zero-order valence-corrected chi connectivity index (χ0v) is 12.5. The lowest BCUT2D eigenvalue weighted by atomic mass is 10.2. The van der Waals surface area contributed by atoms with E-state index in [9.17, 15) is 4.79 Å². The number of carbonyl (C=O) groups is 1. The predicted octanol–water partition coefficient (Wildman–Crippen LogP) is 2.61. The average Bonchev–Trinajstić information content (AvgIpc) is 2.36. The Hall–Kier alpha value is -1.01. The zero-order chi connectivity index (χ0) is 14.7. The Morgan fingerprint density at radius 1 is 1.40 bits per heavy atom. The number of rotatable bonds is 2.